The van der Waals surface area contributed by atoms with Gasteiger partial charge >= 0.3 is 6.03 Å². The van der Waals surface area contributed by atoms with Crippen LogP contribution in [0.4, 0.5) is 4.79 Å². The molecule has 1 aliphatic heterocycles. The number of carbonyl (C=O) groups is 1. The first kappa shape index (κ1) is 17.3. The Balaban J connectivity index is 0.00000289. The van der Waals surface area contributed by atoms with Gasteiger partial charge in [0.2, 0.25) is 0 Å². The molecule has 1 heterocycles. The topological polar surface area (TPSA) is 47.4 Å². The fraction of sp³-hybridized carbons (Fsp3) is 0.667. The van der Waals surface area contributed by atoms with Gasteiger partial charge in [0, 0.05) is 13.1 Å². The molecule has 1 fully saturated rings. The quantitative estimate of drug-likeness (QED) is 0.576. The van der Waals surface area contributed by atoms with Crippen LogP contribution in [0.5, 0.6) is 0 Å². The van der Waals surface area contributed by atoms with E-state index in [2.05, 4.69) is 13.5 Å². The van der Waals surface area contributed by atoms with Crippen molar-refractivity contribution in [3.8, 4) is 0 Å². The molecule has 1 N–H and O–H groups in total. The van der Waals surface area contributed by atoms with E-state index in [1.54, 1.807) is 6.08 Å². The van der Waals surface area contributed by atoms with Gasteiger partial charge in [-0.2, -0.15) is 0 Å². The Morgan fingerprint density at radius 3 is 2.78 bits per heavy atom. The summed E-state index contributed by atoms with van der Waals surface area (Å²) < 4.78 is 0. The molecule has 104 valence electrons. The van der Waals surface area contributed by atoms with Gasteiger partial charge in [-0.05, 0) is 6.42 Å². The highest BCUT2D eigenvalue weighted by atomic mass is 35.5. The monoisotopic (exact) mass is 291 g/mol. The molecule has 1 rings (SSSR count). The maximum absolute atomic E-state index is 12.0. The molecule has 0 aromatic carbocycles. The highest BCUT2D eigenvalue weighted by molar-refractivity contribution is 8.13. The summed E-state index contributed by atoms with van der Waals surface area (Å²) in [6, 6.07) is -0.0508. The van der Waals surface area contributed by atoms with Crippen LogP contribution in [0.1, 0.15) is 32.6 Å². The van der Waals surface area contributed by atoms with Gasteiger partial charge in [0.25, 0.3) is 0 Å². The molecule has 0 aromatic rings. The molecule has 0 bridgehead atoms. The fourth-order valence-electron chi connectivity index (χ4n) is 1.71. The molecular formula is C12H22ClN3OS. The van der Waals surface area contributed by atoms with E-state index in [0.717, 1.165) is 13.0 Å². The van der Waals surface area contributed by atoms with E-state index in [4.69, 9.17) is 5.41 Å². The largest absolute Gasteiger partial charge is 0.327 e. The van der Waals surface area contributed by atoms with Crippen molar-refractivity contribution in [1.82, 2.24) is 9.80 Å². The molecule has 1 saturated heterocycles. The van der Waals surface area contributed by atoms with Crippen LogP contribution in [0.15, 0.2) is 12.7 Å². The normalized spacial score (nSPS) is 15.6. The number of nitrogens with zero attached hydrogens (tertiary/aromatic N) is 2. The number of hydrogen-bond acceptors (Lipinski definition) is 3. The number of unbranched alkanes of at least 4 members (excludes halogenated alkanes) is 3. The lowest BCUT2D eigenvalue weighted by Crippen LogP contribution is -2.49. The van der Waals surface area contributed by atoms with E-state index < -0.39 is 0 Å². The molecular weight excluding hydrogens is 270 g/mol. The van der Waals surface area contributed by atoms with Crippen molar-refractivity contribution in [1.29, 1.82) is 5.41 Å². The Hall–Kier alpha value is -0.680. The third kappa shape index (κ3) is 4.90. The zero-order valence-electron chi connectivity index (χ0n) is 10.9. The first-order valence-corrected chi connectivity index (χ1v) is 7.08. The number of rotatable bonds is 7. The Bertz CT molecular complexity index is 299. The lowest BCUT2D eigenvalue weighted by atomic mass is 10.2. The molecule has 0 spiro atoms. The van der Waals surface area contributed by atoms with E-state index in [1.807, 2.05) is 4.90 Å². The van der Waals surface area contributed by atoms with Gasteiger partial charge in [-0.3, -0.25) is 10.3 Å². The zero-order chi connectivity index (χ0) is 12.7. The molecule has 0 unspecified atom stereocenters. The highest BCUT2D eigenvalue weighted by Gasteiger charge is 2.28. The molecule has 18 heavy (non-hydrogen) atoms. The molecule has 2 amide bonds. The van der Waals surface area contributed by atoms with Crippen molar-refractivity contribution in [3.05, 3.63) is 12.7 Å². The number of carbonyl (C=O) groups excluding carboxylic acids is 1. The summed E-state index contributed by atoms with van der Waals surface area (Å²) in [7, 11) is 0. The van der Waals surface area contributed by atoms with E-state index in [9.17, 15) is 4.79 Å². The average molecular weight is 292 g/mol. The molecule has 6 heteroatoms. The number of amidine groups is 1. The predicted octanol–water partition coefficient (Wildman–Crippen LogP) is 3.54. The summed E-state index contributed by atoms with van der Waals surface area (Å²) in [5.41, 5.74) is 0. The van der Waals surface area contributed by atoms with Crippen LogP contribution in [0.2, 0.25) is 0 Å². The van der Waals surface area contributed by atoms with E-state index >= 15 is 0 Å². The molecule has 0 radical (unpaired) electrons. The Morgan fingerprint density at radius 2 is 2.17 bits per heavy atom. The minimum absolute atomic E-state index is 0. The second-order valence-corrected chi connectivity index (χ2v) is 5.02. The van der Waals surface area contributed by atoms with Crippen LogP contribution >= 0.6 is 24.2 Å². The smallest absolute Gasteiger partial charge is 0.315 e. The molecule has 1 aliphatic rings. The number of hydrogen-bond donors (Lipinski definition) is 1. The second-order valence-electron chi connectivity index (χ2n) is 4.08. The number of urea groups is 1. The highest BCUT2D eigenvalue weighted by Crippen LogP contribution is 2.19. The van der Waals surface area contributed by atoms with Crippen molar-refractivity contribution in [2.75, 3.05) is 19.0 Å². The van der Waals surface area contributed by atoms with Crippen LogP contribution in [-0.2, 0) is 0 Å². The SMILES string of the molecule is C=CCN1C(=N)SCN(CCCCCC)C1=O.Cl. The first-order chi connectivity index (χ1) is 8.20. The van der Waals surface area contributed by atoms with Crippen LogP contribution in [0.3, 0.4) is 0 Å². The van der Waals surface area contributed by atoms with Gasteiger partial charge in [0.05, 0.1) is 5.88 Å². The standard InChI is InChI=1S/C12H21N3OS.ClH/c1-3-5-6-7-9-14-10-17-11(13)15(8-4-2)12(14)16;/h4,13H,2-3,5-10H2,1H3;1H. The first-order valence-electron chi connectivity index (χ1n) is 6.09. The Kier molecular flexibility index (Phi) is 8.93. The van der Waals surface area contributed by atoms with Crippen molar-refractivity contribution in [3.63, 3.8) is 0 Å². The van der Waals surface area contributed by atoms with E-state index in [1.165, 1.54) is 35.9 Å². The minimum atomic E-state index is -0.0508. The molecule has 0 saturated carbocycles. The second kappa shape index (κ2) is 9.28. The third-order valence-corrected chi connectivity index (χ3v) is 3.63. The lowest BCUT2D eigenvalue weighted by molar-refractivity contribution is 0.184. The summed E-state index contributed by atoms with van der Waals surface area (Å²) >= 11 is 1.41. The van der Waals surface area contributed by atoms with Gasteiger partial charge in [-0.1, -0.05) is 44.0 Å². The van der Waals surface area contributed by atoms with E-state index in [0.29, 0.717) is 17.6 Å². The lowest BCUT2D eigenvalue weighted by Gasteiger charge is -2.34. The maximum Gasteiger partial charge on any atom is 0.327 e. The summed E-state index contributed by atoms with van der Waals surface area (Å²) in [6.45, 7) is 7.02. The number of halogens is 1. The van der Waals surface area contributed by atoms with Gasteiger partial charge in [-0.25, -0.2) is 4.79 Å². The van der Waals surface area contributed by atoms with Gasteiger partial charge in [-0.15, -0.1) is 19.0 Å². The third-order valence-electron chi connectivity index (χ3n) is 2.70. The van der Waals surface area contributed by atoms with Gasteiger partial charge in [0.15, 0.2) is 5.17 Å². The van der Waals surface area contributed by atoms with E-state index in [-0.39, 0.29) is 18.4 Å². The van der Waals surface area contributed by atoms with Gasteiger partial charge < -0.3 is 4.90 Å². The van der Waals surface area contributed by atoms with Crippen LogP contribution in [0, 0.1) is 5.41 Å². The maximum atomic E-state index is 12.0. The Labute approximate surface area is 120 Å². The molecule has 0 aliphatic carbocycles. The van der Waals surface area contributed by atoms with Crippen molar-refractivity contribution in [2.24, 2.45) is 0 Å². The fourth-order valence-corrected chi connectivity index (χ4v) is 2.54. The van der Waals surface area contributed by atoms with Gasteiger partial charge in [0.1, 0.15) is 0 Å². The number of nitrogens with one attached hydrogen (secondary N) is 1. The average Bonchev–Trinajstić information content (AvgIpc) is 2.32. The minimum Gasteiger partial charge on any atom is -0.315 e. The molecule has 0 aromatic heterocycles. The summed E-state index contributed by atoms with van der Waals surface area (Å²) in [5, 5.41) is 8.04. The molecule has 0 atom stereocenters. The van der Waals surface area contributed by atoms with Crippen molar-refractivity contribution in [2.45, 2.75) is 32.6 Å². The molecule has 4 nitrogen and oxygen atoms in total. The number of amides is 2. The zero-order valence-corrected chi connectivity index (χ0v) is 12.5. The summed E-state index contributed by atoms with van der Waals surface area (Å²) in [4.78, 5) is 15.3. The van der Waals surface area contributed by atoms with Crippen molar-refractivity contribution < 1.29 is 4.79 Å². The predicted molar refractivity (Wildman–Crippen MR) is 80.6 cm³/mol. The van der Waals surface area contributed by atoms with Crippen LogP contribution in [-0.4, -0.2) is 40.0 Å². The summed E-state index contributed by atoms with van der Waals surface area (Å²) in [5.74, 6) is 0.609. The van der Waals surface area contributed by atoms with Crippen LogP contribution < -0.4 is 0 Å². The Morgan fingerprint density at radius 1 is 1.44 bits per heavy atom. The van der Waals surface area contributed by atoms with Crippen molar-refractivity contribution >= 4 is 35.4 Å². The summed E-state index contributed by atoms with van der Waals surface area (Å²) in [6.07, 6.45) is 6.31. The number of thioether (sulfide) groups is 1. The van der Waals surface area contributed by atoms with Crippen LogP contribution in [0.25, 0.3) is 0 Å².